The van der Waals surface area contributed by atoms with E-state index in [1.165, 1.54) is 10.4 Å². The van der Waals surface area contributed by atoms with E-state index in [0.717, 1.165) is 22.5 Å². The third-order valence-electron chi connectivity index (χ3n) is 3.75. The highest BCUT2D eigenvalue weighted by Gasteiger charge is 2.18. The molecule has 112 valence electrons. The van der Waals surface area contributed by atoms with Crippen molar-refractivity contribution in [2.45, 2.75) is 19.5 Å². The number of hydrogen-bond acceptors (Lipinski definition) is 4. The van der Waals surface area contributed by atoms with Gasteiger partial charge in [0.05, 0.1) is 0 Å². The molecule has 1 aliphatic heterocycles. The van der Waals surface area contributed by atoms with E-state index in [2.05, 4.69) is 58.4 Å². The number of benzene rings is 1. The van der Waals surface area contributed by atoms with Crippen LogP contribution in [0.25, 0.3) is 0 Å². The Balaban J connectivity index is 1.78. The zero-order valence-electron chi connectivity index (χ0n) is 12.1. The normalized spacial score (nSPS) is 15.2. The lowest BCUT2D eigenvalue weighted by atomic mass is 10.1. The van der Waals surface area contributed by atoms with Crippen LogP contribution in [0.15, 0.2) is 34.1 Å². The summed E-state index contributed by atoms with van der Waals surface area (Å²) in [6, 6.07) is 8.77. The first-order valence-corrected chi connectivity index (χ1v) is 8.64. The van der Waals surface area contributed by atoms with Crippen LogP contribution < -0.4 is 9.47 Å². The van der Waals surface area contributed by atoms with E-state index in [4.69, 9.17) is 9.47 Å². The van der Waals surface area contributed by atoms with E-state index < -0.39 is 0 Å². The Morgan fingerprint density at radius 1 is 1.29 bits per heavy atom. The van der Waals surface area contributed by atoms with Gasteiger partial charge in [-0.3, -0.25) is 4.90 Å². The van der Waals surface area contributed by atoms with Crippen molar-refractivity contribution in [2.75, 3.05) is 20.3 Å². The molecule has 0 saturated heterocycles. The lowest BCUT2D eigenvalue weighted by Gasteiger charge is -2.26. The minimum Gasteiger partial charge on any atom is -0.486 e. The maximum absolute atomic E-state index is 5.67. The molecule has 0 aliphatic carbocycles. The van der Waals surface area contributed by atoms with E-state index in [0.29, 0.717) is 19.3 Å². The zero-order valence-corrected chi connectivity index (χ0v) is 14.5. The molecule has 2 aromatic rings. The first kappa shape index (κ1) is 14.9. The van der Waals surface area contributed by atoms with Crippen molar-refractivity contribution in [3.05, 3.63) is 44.6 Å². The summed E-state index contributed by atoms with van der Waals surface area (Å²) in [6.07, 6.45) is 0. The molecule has 2 heterocycles. The molecule has 1 aromatic carbocycles. The highest BCUT2D eigenvalue weighted by molar-refractivity contribution is 9.10. The van der Waals surface area contributed by atoms with Crippen molar-refractivity contribution in [1.29, 1.82) is 0 Å². The van der Waals surface area contributed by atoms with E-state index in [9.17, 15) is 0 Å². The second kappa shape index (κ2) is 6.38. The van der Waals surface area contributed by atoms with Crippen LogP contribution in [0.5, 0.6) is 11.5 Å². The van der Waals surface area contributed by atoms with E-state index >= 15 is 0 Å². The van der Waals surface area contributed by atoms with Crippen molar-refractivity contribution in [1.82, 2.24) is 4.90 Å². The largest absolute Gasteiger partial charge is 0.486 e. The van der Waals surface area contributed by atoms with Gasteiger partial charge in [0.2, 0.25) is 0 Å². The lowest BCUT2D eigenvalue weighted by Crippen LogP contribution is -2.22. The van der Waals surface area contributed by atoms with E-state index in [-0.39, 0.29) is 0 Å². The smallest absolute Gasteiger partial charge is 0.162 e. The first-order valence-electron chi connectivity index (χ1n) is 6.97. The molecule has 0 spiro atoms. The molecule has 0 N–H and O–H groups in total. The average Bonchev–Trinajstić information content (AvgIpc) is 3.01. The van der Waals surface area contributed by atoms with Crippen LogP contribution >= 0.6 is 27.3 Å². The van der Waals surface area contributed by atoms with Gasteiger partial charge in [0, 0.05) is 21.9 Å². The number of ether oxygens (including phenoxy) is 2. The van der Waals surface area contributed by atoms with Crippen molar-refractivity contribution >= 4 is 27.3 Å². The van der Waals surface area contributed by atoms with Crippen LogP contribution in [0.3, 0.4) is 0 Å². The lowest BCUT2D eigenvalue weighted by molar-refractivity contribution is 0.170. The van der Waals surface area contributed by atoms with Crippen LogP contribution in [0.4, 0.5) is 0 Å². The Hall–Kier alpha value is -1.04. The molecule has 0 fully saturated rings. The molecule has 5 heteroatoms. The van der Waals surface area contributed by atoms with Gasteiger partial charge in [0.15, 0.2) is 11.5 Å². The first-order chi connectivity index (χ1) is 10.1. The fourth-order valence-corrected chi connectivity index (χ4v) is 3.68. The summed E-state index contributed by atoms with van der Waals surface area (Å²) in [5, 5.41) is 2.12. The number of hydrogen-bond donors (Lipinski definition) is 0. The Bertz CT molecular complexity index is 615. The summed E-state index contributed by atoms with van der Waals surface area (Å²) in [6.45, 7) is 4.33. The third kappa shape index (κ3) is 3.25. The predicted octanol–water partition coefficient (Wildman–Crippen LogP) is 4.47. The Kier molecular flexibility index (Phi) is 4.52. The number of fused-ring (bicyclic) bond motifs is 1. The number of rotatable bonds is 4. The molecule has 0 radical (unpaired) electrons. The van der Waals surface area contributed by atoms with Gasteiger partial charge in [-0.1, -0.05) is 22.0 Å². The summed E-state index contributed by atoms with van der Waals surface area (Å²) < 4.78 is 12.3. The van der Waals surface area contributed by atoms with Crippen molar-refractivity contribution in [2.24, 2.45) is 0 Å². The maximum atomic E-state index is 5.67. The standard InChI is InChI=1S/C16H18BrNO2S/c1-11(16-4-3-7-21-16)18(2)10-12-8-14-15(9-13(12)17)20-6-5-19-14/h3-4,7-9,11H,5-6,10H2,1-2H3/t11-/m0/s1. The molecule has 1 aliphatic rings. The highest BCUT2D eigenvalue weighted by atomic mass is 79.9. The second-order valence-electron chi connectivity index (χ2n) is 5.19. The Labute approximate surface area is 137 Å². The molecule has 21 heavy (non-hydrogen) atoms. The van der Waals surface area contributed by atoms with Gasteiger partial charge in [0.25, 0.3) is 0 Å². The van der Waals surface area contributed by atoms with Crippen LogP contribution in [0.1, 0.15) is 23.4 Å². The van der Waals surface area contributed by atoms with Crippen LogP contribution in [-0.4, -0.2) is 25.2 Å². The SMILES string of the molecule is C[C@@H](c1cccs1)N(C)Cc1cc2c(cc1Br)OCCO2. The van der Waals surface area contributed by atoms with Crippen molar-refractivity contribution in [3.63, 3.8) is 0 Å². The minimum absolute atomic E-state index is 0.394. The summed E-state index contributed by atoms with van der Waals surface area (Å²) >= 11 is 5.44. The summed E-state index contributed by atoms with van der Waals surface area (Å²) in [5.41, 5.74) is 1.21. The van der Waals surface area contributed by atoms with Gasteiger partial charge in [-0.25, -0.2) is 0 Å². The molecule has 3 rings (SSSR count). The van der Waals surface area contributed by atoms with Crippen LogP contribution in [0, 0.1) is 0 Å². The van der Waals surface area contributed by atoms with Gasteiger partial charge < -0.3 is 9.47 Å². The molecule has 3 nitrogen and oxygen atoms in total. The molecular weight excluding hydrogens is 350 g/mol. The highest BCUT2D eigenvalue weighted by Crippen LogP contribution is 2.36. The molecule has 0 bridgehead atoms. The minimum atomic E-state index is 0.394. The number of thiophene rings is 1. The van der Waals surface area contributed by atoms with Gasteiger partial charge in [-0.05, 0) is 43.1 Å². The Morgan fingerprint density at radius 3 is 2.67 bits per heavy atom. The molecule has 0 unspecified atom stereocenters. The fourth-order valence-electron chi connectivity index (χ4n) is 2.38. The molecule has 1 atom stereocenters. The fraction of sp³-hybridized carbons (Fsp3) is 0.375. The van der Waals surface area contributed by atoms with Crippen molar-refractivity contribution in [3.8, 4) is 11.5 Å². The monoisotopic (exact) mass is 367 g/mol. The van der Waals surface area contributed by atoms with Gasteiger partial charge in [-0.15, -0.1) is 11.3 Å². The zero-order chi connectivity index (χ0) is 14.8. The van der Waals surface area contributed by atoms with Gasteiger partial charge in [-0.2, -0.15) is 0 Å². The summed E-state index contributed by atoms with van der Waals surface area (Å²) in [7, 11) is 2.15. The number of halogens is 1. The summed E-state index contributed by atoms with van der Waals surface area (Å²) in [4.78, 5) is 3.72. The maximum Gasteiger partial charge on any atom is 0.162 e. The Morgan fingerprint density at radius 2 is 2.00 bits per heavy atom. The van der Waals surface area contributed by atoms with Crippen molar-refractivity contribution < 1.29 is 9.47 Å². The predicted molar refractivity (Wildman–Crippen MR) is 89.3 cm³/mol. The summed E-state index contributed by atoms with van der Waals surface area (Å²) in [5.74, 6) is 1.67. The third-order valence-corrected chi connectivity index (χ3v) is 5.53. The van der Waals surface area contributed by atoms with E-state index in [1.807, 2.05) is 6.07 Å². The molecule has 0 amide bonds. The topological polar surface area (TPSA) is 21.7 Å². The van der Waals surface area contributed by atoms with Crippen LogP contribution in [0.2, 0.25) is 0 Å². The molecule has 0 saturated carbocycles. The van der Waals surface area contributed by atoms with E-state index in [1.54, 1.807) is 11.3 Å². The second-order valence-corrected chi connectivity index (χ2v) is 7.03. The quantitative estimate of drug-likeness (QED) is 0.795. The molecular formula is C16H18BrNO2S. The average molecular weight is 368 g/mol. The van der Waals surface area contributed by atoms with Crippen LogP contribution in [-0.2, 0) is 6.54 Å². The van der Waals surface area contributed by atoms with Gasteiger partial charge >= 0.3 is 0 Å². The van der Waals surface area contributed by atoms with Gasteiger partial charge in [0.1, 0.15) is 13.2 Å². The number of nitrogens with zero attached hydrogens (tertiary/aromatic N) is 1. The molecule has 1 aromatic heterocycles.